The monoisotopic (exact) mass is 248 g/mol. The number of hydrogen-bond acceptors (Lipinski definition) is 3. The summed E-state index contributed by atoms with van der Waals surface area (Å²) in [7, 11) is 0. The maximum Gasteiger partial charge on any atom is 0.257 e. The van der Waals surface area contributed by atoms with Crippen LogP contribution in [0.3, 0.4) is 0 Å². The quantitative estimate of drug-likeness (QED) is 0.764. The molecule has 1 aliphatic carbocycles. The Labute approximate surface area is 105 Å². The summed E-state index contributed by atoms with van der Waals surface area (Å²) in [5.41, 5.74) is 3.84. The molecule has 1 aromatic heterocycles. The number of rotatable bonds is 2. The second-order valence-corrected chi connectivity index (χ2v) is 5.07. The lowest BCUT2D eigenvalue weighted by Crippen LogP contribution is -1.88. The first-order valence-corrected chi connectivity index (χ1v) is 6.27. The van der Waals surface area contributed by atoms with E-state index in [1.54, 1.807) is 0 Å². The number of hydrogen-bond donors (Lipinski definition) is 0. The van der Waals surface area contributed by atoms with Gasteiger partial charge in [-0.2, -0.15) is 4.98 Å². The van der Waals surface area contributed by atoms with Gasteiger partial charge in [0.2, 0.25) is 0 Å². The van der Waals surface area contributed by atoms with Crippen molar-refractivity contribution in [3.63, 3.8) is 0 Å². The minimum absolute atomic E-state index is 0.220. The number of aryl methyl sites for hydroxylation is 2. The van der Waals surface area contributed by atoms with Gasteiger partial charge in [-0.25, -0.2) is 0 Å². The Balaban J connectivity index is 1.97. The molecule has 1 heterocycles. The molecule has 0 fully saturated rings. The third-order valence-electron chi connectivity index (χ3n) is 3.14. The molecule has 0 spiro atoms. The van der Waals surface area contributed by atoms with Crippen LogP contribution in [-0.2, 0) is 12.8 Å². The number of benzene rings is 1. The number of aromatic nitrogens is 2. The Morgan fingerprint density at radius 2 is 2.12 bits per heavy atom. The average Bonchev–Trinajstić information content (AvgIpc) is 2.97. The summed E-state index contributed by atoms with van der Waals surface area (Å²) < 4.78 is 5.23. The van der Waals surface area contributed by atoms with Crippen molar-refractivity contribution in [1.82, 2.24) is 10.1 Å². The topological polar surface area (TPSA) is 38.9 Å². The first kappa shape index (κ1) is 10.8. The molecule has 1 aliphatic rings. The third kappa shape index (κ3) is 1.95. The van der Waals surface area contributed by atoms with Gasteiger partial charge in [-0.15, -0.1) is 11.6 Å². The molecule has 4 heteroatoms. The predicted octanol–water partition coefficient (Wildman–Crippen LogP) is 3.53. The van der Waals surface area contributed by atoms with E-state index >= 15 is 0 Å². The molecule has 3 nitrogen and oxygen atoms in total. The van der Waals surface area contributed by atoms with Gasteiger partial charge in [-0.05, 0) is 49.4 Å². The van der Waals surface area contributed by atoms with Gasteiger partial charge in [-0.1, -0.05) is 11.2 Å². The van der Waals surface area contributed by atoms with E-state index in [4.69, 9.17) is 16.1 Å². The normalized spacial score (nSPS) is 15.9. The van der Waals surface area contributed by atoms with Crippen LogP contribution in [0.5, 0.6) is 0 Å². The SMILES string of the molecule is CC(Cl)c1noc(-c2ccc3c(c2)CCC3)n1. The second-order valence-electron chi connectivity index (χ2n) is 4.41. The van der Waals surface area contributed by atoms with Gasteiger partial charge in [0.15, 0.2) is 5.82 Å². The van der Waals surface area contributed by atoms with Gasteiger partial charge in [0.05, 0.1) is 5.38 Å². The second kappa shape index (κ2) is 4.15. The third-order valence-corrected chi connectivity index (χ3v) is 3.34. The molecule has 88 valence electrons. The largest absolute Gasteiger partial charge is 0.334 e. The molecule has 0 saturated heterocycles. The predicted molar refractivity (Wildman–Crippen MR) is 66.0 cm³/mol. The Kier molecular flexibility index (Phi) is 2.63. The van der Waals surface area contributed by atoms with E-state index in [0.29, 0.717) is 11.7 Å². The fourth-order valence-corrected chi connectivity index (χ4v) is 2.31. The number of nitrogens with zero attached hydrogens (tertiary/aromatic N) is 2. The highest BCUT2D eigenvalue weighted by atomic mass is 35.5. The van der Waals surface area contributed by atoms with E-state index in [2.05, 4.69) is 22.3 Å². The standard InChI is InChI=1S/C13H13ClN2O/c1-8(14)12-15-13(17-16-12)11-6-5-9-3-2-4-10(9)7-11/h5-8H,2-4H2,1H3. The molecule has 1 unspecified atom stereocenters. The maximum atomic E-state index is 5.91. The van der Waals surface area contributed by atoms with Gasteiger partial charge < -0.3 is 4.52 Å². The van der Waals surface area contributed by atoms with Crippen molar-refractivity contribution in [2.45, 2.75) is 31.6 Å². The molecule has 2 aromatic rings. The molecule has 1 atom stereocenters. The van der Waals surface area contributed by atoms with E-state index in [1.165, 1.54) is 24.0 Å². The summed E-state index contributed by atoms with van der Waals surface area (Å²) in [6, 6.07) is 6.35. The Hall–Kier alpha value is -1.35. The van der Waals surface area contributed by atoms with E-state index in [1.807, 2.05) is 13.0 Å². The minimum atomic E-state index is -0.220. The van der Waals surface area contributed by atoms with Crippen molar-refractivity contribution < 1.29 is 4.52 Å². The van der Waals surface area contributed by atoms with E-state index in [9.17, 15) is 0 Å². The molecule has 3 rings (SSSR count). The molecule has 0 amide bonds. The molecule has 0 N–H and O–H groups in total. The maximum absolute atomic E-state index is 5.91. The molecule has 0 saturated carbocycles. The number of fused-ring (bicyclic) bond motifs is 1. The summed E-state index contributed by atoms with van der Waals surface area (Å²) in [5.74, 6) is 1.10. The van der Waals surface area contributed by atoms with Gasteiger partial charge in [0.1, 0.15) is 0 Å². The van der Waals surface area contributed by atoms with Crippen molar-refractivity contribution in [2.75, 3.05) is 0 Å². The van der Waals surface area contributed by atoms with Crippen LogP contribution in [-0.4, -0.2) is 10.1 Å². The summed E-state index contributed by atoms with van der Waals surface area (Å²) in [6.45, 7) is 1.83. The highest BCUT2D eigenvalue weighted by Gasteiger charge is 2.16. The highest BCUT2D eigenvalue weighted by Crippen LogP contribution is 2.28. The smallest absolute Gasteiger partial charge is 0.257 e. The van der Waals surface area contributed by atoms with Crippen LogP contribution in [0, 0.1) is 0 Å². The van der Waals surface area contributed by atoms with Crippen LogP contribution in [0.25, 0.3) is 11.5 Å². The first-order valence-electron chi connectivity index (χ1n) is 5.84. The van der Waals surface area contributed by atoms with Gasteiger partial charge in [0, 0.05) is 5.56 Å². The van der Waals surface area contributed by atoms with Crippen LogP contribution < -0.4 is 0 Å². The van der Waals surface area contributed by atoms with Crippen LogP contribution in [0.2, 0.25) is 0 Å². The molecule has 0 aliphatic heterocycles. The number of halogens is 1. The molecular formula is C13H13ClN2O. The summed E-state index contributed by atoms with van der Waals surface area (Å²) in [4.78, 5) is 4.30. The van der Waals surface area contributed by atoms with E-state index < -0.39 is 0 Å². The fraction of sp³-hybridized carbons (Fsp3) is 0.385. The lowest BCUT2D eigenvalue weighted by molar-refractivity contribution is 0.422. The molecule has 1 aromatic carbocycles. The zero-order valence-electron chi connectivity index (χ0n) is 9.61. The van der Waals surface area contributed by atoms with E-state index in [0.717, 1.165) is 12.0 Å². The Morgan fingerprint density at radius 1 is 1.29 bits per heavy atom. The van der Waals surface area contributed by atoms with Crippen LogP contribution in [0.1, 0.15) is 35.7 Å². The van der Waals surface area contributed by atoms with Gasteiger partial charge >= 0.3 is 0 Å². The Bertz CT molecular complexity index is 548. The highest BCUT2D eigenvalue weighted by molar-refractivity contribution is 6.20. The zero-order valence-corrected chi connectivity index (χ0v) is 10.4. The van der Waals surface area contributed by atoms with Crippen molar-refractivity contribution in [1.29, 1.82) is 0 Å². The lowest BCUT2D eigenvalue weighted by atomic mass is 10.1. The van der Waals surface area contributed by atoms with E-state index in [-0.39, 0.29) is 5.38 Å². The average molecular weight is 249 g/mol. The molecule has 0 radical (unpaired) electrons. The van der Waals surface area contributed by atoms with Crippen LogP contribution in [0.15, 0.2) is 22.7 Å². The summed E-state index contributed by atoms with van der Waals surface area (Å²) >= 11 is 5.91. The van der Waals surface area contributed by atoms with Crippen molar-refractivity contribution >= 4 is 11.6 Å². The van der Waals surface area contributed by atoms with Gasteiger partial charge in [-0.3, -0.25) is 0 Å². The molecule has 17 heavy (non-hydrogen) atoms. The minimum Gasteiger partial charge on any atom is -0.334 e. The summed E-state index contributed by atoms with van der Waals surface area (Å²) in [5, 5.41) is 3.65. The first-order chi connectivity index (χ1) is 8.24. The summed E-state index contributed by atoms with van der Waals surface area (Å²) in [6.07, 6.45) is 3.58. The Morgan fingerprint density at radius 3 is 2.88 bits per heavy atom. The molecular weight excluding hydrogens is 236 g/mol. The molecule has 0 bridgehead atoms. The fourth-order valence-electron chi connectivity index (χ4n) is 2.22. The van der Waals surface area contributed by atoms with Crippen LogP contribution >= 0.6 is 11.6 Å². The number of alkyl halides is 1. The van der Waals surface area contributed by atoms with Crippen molar-refractivity contribution in [3.05, 3.63) is 35.2 Å². The lowest BCUT2D eigenvalue weighted by Gasteiger charge is -2.00. The van der Waals surface area contributed by atoms with Gasteiger partial charge in [0.25, 0.3) is 5.89 Å². The van der Waals surface area contributed by atoms with Crippen LogP contribution in [0.4, 0.5) is 0 Å². The zero-order chi connectivity index (χ0) is 11.8. The van der Waals surface area contributed by atoms with Crippen molar-refractivity contribution in [3.8, 4) is 11.5 Å². The van der Waals surface area contributed by atoms with Crippen molar-refractivity contribution in [2.24, 2.45) is 0 Å².